The van der Waals surface area contributed by atoms with Gasteiger partial charge in [0, 0.05) is 9.89 Å². The molecule has 3 nitrogen and oxygen atoms in total. The fourth-order valence-electron chi connectivity index (χ4n) is 1.52. The minimum atomic E-state index is -0.906. The molecule has 0 atom stereocenters. The largest absolute Gasteiger partial charge is 0.477 e. The molecule has 0 aromatic carbocycles. The highest BCUT2D eigenvalue weighted by Crippen LogP contribution is 2.39. The van der Waals surface area contributed by atoms with Crippen LogP contribution >= 0.6 is 38.6 Å². The topological polar surface area (TPSA) is 50.2 Å². The molecule has 2 aromatic rings. The third-order valence-electron chi connectivity index (χ3n) is 2.34. The number of carboxylic acid groups (broad SMARTS) is 1. The van der Waals surface area contributed by atoms with E-state index >= 15 is 0 Å². The highest BCUT2D eigenvalue weighted by molar-refractivity contribution is 9.10. The van der Waals surface area contributed by atoms with Crippen molar-refractivity contribution in [3.8, 4) is 9.88 Å². The van der Waals surface area contributed by atoms with Gasteiger partial charge in [0.2, 0.25) is 0 Å². The Morgan fingerprint density at radius 1 is 1.44 bits per heavy atom. The van der Waals surface area contributed by atoms with Crippen LogP contribution in [-0.2, 0) is 5.41 Å². The van der Waals surface area contributed by atoms with Gasteiger partial charge in [-0.15, -0.1) is 22.7 Å². The Balaban J connectivity index is 2.60. The van der Waals surface area contributed by atoms with Crippen molar-refractivity contribution in [3.63, 3.8) is 0 Å². The standard InChI is InChI=1S/C12H12BrNO2S2/c1-12(2,3)9-8(11(15)16)18-10(14-9)7-6(13)4-5-17-7/h4-5H,1-3H3,(H,15,16). The monoisotopic (exact) mass is 345 g/mol. The zero-order valence-corrected chi connectivity index (χ0v) is 13.4. The molecule has 0 unspecified atom stereocenters. The Kier molecular flexibility index (Phi) is 3.62. The summed E-state index contributed by atoms with van der Waals surface area (Å²) in [6, 6.07) is 1.94. The maximum absolute atomic E-state index is 11.3. The second-order valence-electron chi connectivity index (χ2n) is 4.85. The maximum Gasteiger partial charge on any atom is 0.347 e. The van der Waals surface area contributed by atoms with Crippen molar-refractivity contribution >= 4 is 44.6 Å². The van der Waals surface area contributed by atoms with Gasteiger partial charge in [-0.2, -0.15) is 0 Å². The van der Waals surface area contributed by atoms with Gasteiger partial charge in [-0.1, -0.05) is 20.8 Å². The van der Waals surface area contributed by atoms with E-state index in [0.29, 0.717) is 10.6 Å². The lowest BCUT2D eigenvalue weighted by molar-refractivity contribution is 0.0699. The van der Waals surface area contributed by atoms with Crippen LogP contribution in [-0.4, -0.2) is 16.1 Å². The van der Waals surface area contributed by atoms with Gasteiger partial charge < -0.3 is 5.11 Å². The molecule has 6 heteroatoms. The van der Waals surface area contributed by atoms with Crippen molar-refractivity contribution in [1.82, 2.24) is 4.98 Å². The molecule has 0 aliphatic carbocycles. The average Bonchev–Trinajstić information content (AvgIpc) is 2.81. The van der Waals surface area contributed by atoms with Crippen molar-refractivity contribution in [3.05, 3.63) is 26.5 Å². The number of nitrogens with zero attached hydrogens (tertiary/aromatic N) is 1. The summed E-state index contributed by atoms with van der Waals surface area (Å²) in [5, 5.41) is 12.0. The number of thiazole rings is 1. The van der Waals surface area contributed by atoms with Gasteiger partial charge in [-0.3, -0.25) is 0 Å². The number of carboxylic acids is 1. The lowest BCUT2D eigenvalue weighted by Crippen LogP contribution is -2.16. The first kappa shape index (κ1) is 13.7. The first-order valence-electron chi connectivity index (χ1n) is 5.28. The molecule has 0 amide bonds. The van der Waals surface area contributed by atoms with E-state index in [9.17, 15) is 9.90 Å². The minimum absolute atomic E-state index is 0.272. The molecule has 0 saturated carbocycles. The highest BCUT2D eigenvalue weighted by atomic mass is 79.9. The number of carbonyl (C=O) groups is 1. The van der Waals surface area contributed by atoms with E-state index in [2.05, 4.69) is 20.9 Å². The first-order chi connectivity index (χ1) is 8.30. The molecule has 0 radical (unpaired) electrons. The number of thiophene rings is 1. The third kappa shape index (κ3) is 2.50. The van der Waals surface area contributed by atoms with Crippen molar-refractivity contribution < 1.29 is 9.90 Å². The lowest BCUT2D eigenvalue weighted by Gasteiger charge is -2.15. The summed E-state index contributed by atoms with van der Waals surface area (Å²) in [7, 11) is 0. The van der Waals surface area contributed by atoms with E-state index < -0.39 is 5.97 Å². The summed E-state index contributed by atoms with van der Waals surface area (Å²) in [5.41, 5.74) is 0.377. The van der Waals surface area contributed by atoms with Gasteiger partial charge in [0.25, 0.3) is 0 Å². The molecule has 0 bridgehead atoms. The van der Waals surface area contributed by atoms with Gasteiger partial charge in [-0.25, -0.2) is 9.78 Å². The predicted octanol–water partition coefficient (Wildman–Crippen LogP) is 4.63. The predicted molar refractivity (Wildman–Crippen MR) is 78.8 cm³/mol. The van der Waals surface area contributed by atoms with Crippen LogP contribution in [0.4, 0.5) is 0 Å². The summed E-state index contributed by atoms with van der Waals surface area (Å²) in [4.78, 5) is 17.1. The van der Waals surface area contributed by atoms with Crippen molar-refractivity contribution in [2.45, 2.75) is 26.2 Å². The van der Waals surface area contributed by atoms with Crippen LogP contribution in [0, 0.1) is 0 Å². The van der Waals surface area contributed by atoms with Crippen LogP contribution in [0.1, 0.15) is 36.1 Å². The summed E-state index contributed by atoms with van der Waals surface area (Å²) >= 11 is 6.25. The minimum Gasteiger partial charge on any atom is -0.477 e. The maximum atomic E-state index is 11.3. The number of aromatic carboxylic acids is 1. The van der Waals surface area contributed by atoms with Gasteiger partial charge in [0.1, 0.15) is 9.88 Å². The molecular weight excluding hydrogens is 334 g/mol. The Bertz CT molecular complexity index is 595. The Labute approximate surface area is 122 Å². The van der Waals surface area contributed by atoms with E-state index in [1.54, 1.807) is 11.3 Å². The van der Waals surface area contributed by atoms with Crippen molar-refractivity contribution in [1.29, 1.82) is 0 Å². The second kappa shape index (κ2) is 4.75. The summed E-state index contributed by atoms with van der Waals surface area (Å²) in [6.45, 7) is 5.92. The summed E-state index contributed by atoms with van der Waals surface area (Å²) in [6.07, 6.45) is 0. The smallest absolute Gasteiger partial charge is 0.347 e. The van der Waals surface area contributed by atoms with Crippen LogP contribution < -0.4 is 0 Å². The van der Waals surface area contributed by atoms with Crippen molar-refractivity contribution in [2.24, 2.45) is 0 Å². The Morgan fingerprint density at radius 3 is 2.50 bits per heavy atom. The highest BCUT2D eigenvalue weighted by Gasteiger charge is 2.27. The zero-order chi connectivity index (χ0) is 13.5. The second-order valence-corrected chi connectivity index (χ2v) is 7.62. The Morgan fingerprint density at radius 2 is 2.11 bits per heavy atom. The molecule has 0 fully saturated rings. The Hall–Kier alpha value is -0.720. The van der Waals surface area contributed by atoms with Crippen molar-refractivity contribution in [2.75, 3.05) is 0 Å². The van der Waals surface area contributed by atoms with E-state index in [4.69, 9.17) is 0 Å². The molecular formula is C12H12BrNO2S2. The molecule has 1 N–H and O–H groups in total. The zero-order valence-electron chi connectivity index (χ0n) is 10.2. The number of aromatic nitrogens is 1. The van der Waals surface area contributed by atoms with E-state index in [1.165, 1.54) is 11.3 Å². The molecule has 0 saturated heterocycles. The average molecular weight is 346 g/mol. The van der Waals surface area contributed by atoms with Crippen LogP contribution in [0.2, 0.25) is 0 Å². The number of rotatable bonds is 2. The third-order valence-corrected chi connectivity index (χ3v) is 5.38. The molecule has 0 spiro atoms. The fraction of sp³-hybridized carbons (Fsp3) is 0.333. The fourth-order valence-corrected chi connectivity index (χ4v) is 4.43. The van der Waals surface area contributed by atoms with Crippen LogP contribution in [0.25, 0.3) is 9.88 Å². The van der Waals surface area contributed by atoms with Gasteiger partial charge in [0.15, 0.2) is 0 Å². The van der Waals surface area contributed by atoms with E-state index in [1.807, 2.05) is 32.2 Å². The normalized spacial score (nSPS) is 11.8. The van der Waals surface area contributed by atoms with Crippen LogP contribution in [0.15, 0.2) is 15.9 Å². The summed E-state index contributed by atoms with van der Waals surface area (Å²) in [5.74, 6) is -0.906. The molecule has 2 aromatic heterocycles. The van der Waals surface area contributed by atoms with Crippen LogP contribution in [0.3, 0.4) is 0 Å². The molecule has 2 heterocycles. The molecule has 0 aliphatic heterocycles. The SMILES string of the molecule is CC(C)(C)c1nc(-c2sccc2Br)sc1C(=O)O. The van der Waals surface area contributed by atoms with E-state index in [-0.39, 0.29) is 5.41 Å². The number of hydrogen-bond donors (Lipinski definition) is 1. The molecule has 96 valence electrons. The van der Waals surface area contributed by atoms with Gasteiger partial charge in [-0.05, 0) is 27.4 Å². The van der Waals surface area contributed by atoms with Gasteiger partial charge >= 0.3 is 5.97 Å². The molecule has 0 aliphatic rings. The summed E-state index contributed by atoms with van der Waals surface area (Å²) < 4.78 is 0.957. The number of hydrogen-bond acceptors (Lipinski definition) is 4. The first-order valence-corrected chi connectivity index (χ1v) is 7.77. The molecule has 2 rings (SSSR count). The lowest BCUT2D eigenvalue weighted by atomic mass is 9.91. The van der Waals surface area contributed by atoms with E-state index in [0.717, 1.165) is 14.4 Å². The molecule has 18 heavy (non-hydrogen) atoms. The number of halogens is 1. The van der Waals surface area contributed by atoms with Crippen LogP contribution in [0.5, 0.6) is 0 Å². The van der Waals surface area contributed by atoms with Gasteiger partial charge in [0.05, 0.1) is 10.6 Å². The quantitative estimate of drug-likeness (QED) is 0.863.